The fourth-order valence-corrected chi connectivity index (χ4v) is 1.60. The van der Waals surface area contributed by atoms with Gasteiger partial charge in [0.15, 0.2) is 0 Å². The van der Waals surface area contributed by atoms with Crippen LogP contribution >= 0.6 is 0 Å². The van der Waals surface area contributed by atoms with E-state index in [1.54, 1.807) is 6.07 Å². The highest BCUT2D eigenvalue weighted by Crippen LogP contribution is 2.26. The Morgan fingerprint density at radius 2 is 1.94 bits per heavy atom. The van der Waals surface area contributed by atoms with Gasteiger partial charge in [0.25, 0.3) is 0 Å². The smallest absolute Gasteiger partial charge is 0.134 e. The zero-order valence-corrected chi connectivity index (χ0v) is 8.65. The Hall–Kier alpha value is -1.87. The molecule has 0 spiro atoms. The monoisotopic (exact) mass is 217 g/mol. The van der Waals surface area contributed by atoms with Crippen LogP contribution in [0.15, 0.2) is 42.5 Å². The summed E-state index contributed by atoms with van der Waals surface area (Å²) in [7, 11) is 0. The maximum absolute atomic E-state index is 13.6. The number of hydrogen-bond acceptors (Lipinski definition) is 2. The molecule has 2 aromatic rings. The van der Waals surface area contributed by atoms with E-state index in [9.17, 15) is 4.39 Å². The summed E-state index contributed by atoms with van der Waals surface area (Å²) in [6, 6.07) is 11.5. The van der Waals surface area contributed by atoms with E-state index in [4.69, 9.17) is 10.8 Å². The van der Waals surface area contributed by atoms with E-state index < -0.39 is 5.82 Å². The zero-order valence-electron chi connectivity index (χ0n) is 8.65. The van der Waals surface area contributed by atoms with Crippen molar-refractivity contribution in [3.05, 3.63) is 53.8 Å². The van der Waals surface area contributed by atoms with Crippen molar-refractivity contribution in [2.24, 2.45) is 5.73 Å². The Balaban J connectivity index is 2.49. The first kappa shape index (κ1) is 10.6. The first-order valence-corrected chi connectivity index (χ1v) is 4.98. The number of hydrogen-bond donors (Lipinski definition) is 2. The first-order chi connectivity index (χ1) is 7.70. The summed E-state index contributed by atoms with van der Waals surface area (Å²) in [5.41, 5.74) is 7.70. The Bertz CT molecular complexity index is 511. The third-order valence-corrected chi connectivity index (χ3v) is 2.43. The normalized spacial score (nSPS) is 10.4. The average Bonchev–Trinajstić information content (AvgIpc) is 2.29. The molecular formula is C13H12FNO. The molecule has 0 saturated heterocycles. The lowest BCUT2D eigenvalue weighted by molar-refractivity contribution is 0.469. The number of halogens is 1. The van der Waals surface area contributed by atoms with Crippen molar-refractivity contribution in [1.29, 1.82) is 0 Å². The van der Waals surface area contributed by atoms with Gasteiger partial charge in [-0.3, -0.25) is 0 Å². The van der Waals surface area contributed by atoms with Gasteiger partial charge in [0, 0.05) is 18.2 Å². The van der Waals surface area contributed by atoms with E-state index in [0.29, 0.717) is 12.1 Å². The highest BCUT2D eigenvalue weighted by molar-refractivity contribution is 5.65. The van der Waals surface area contributed by atoms with E-state index >= 15 is 0 Å². The molecule has 82 valence electrons. The summed E-state index contributed by atoms with van der Waals surface area (Å²) in [5, 5.41) is 9.13. The highest BCUT2D eigenvalue weighted by Gasteiger charge is 2.06. The lowest BCUT2D eigenvalue weighted by atomic mass is 10.0. The Kier molecular flexibility index (Phi) is 2.88. The molecule has 0 radical (unpaired) electrons. The van der Waals surface area contributed by atoms with Crippen LogP contribution in [0, 0.1) is 5.82 Å². The van der Waals surface area contributed by atoms with E-state index in [1.807, 2.05) is 24.3 Å². The number of benzene rings is 2. The SMILES string of the molecule is NCc1cccc(-c2ccc(O)cc2F)c1. The summed E-state index contributed by atoms with van der Waals surface area (Å²) in [6.07, 6.45) is 0. The standard InChI is InChI=1S/C13H12FNO/c14-13-7-11(16)4-5-12(13)10-3-1-2-9(6-10)8-15/h1-7,16H,8,15H2. The van der Waals surface area contributed by atoms with Gasteiger partial charge in [0.2, 0.25) is 0 Å². The Morgan fingerprint density at radius 1 is 1.12 bits per heavy atom. The number of aromatic hydroxyl groups is 1. The van der Waals surface area contributed by atoms with E-state index in [2.05, 4.69) is 0 Å². The maximum Gasteiger partial charge on any atom is 0.134 e. The second kappa shape index (κ2) is 4.33. The molecule has 16 heavy (non-hydrogen) atoms. The number of phenols is 1. The Labute approximate surface area is 93.2 Å². The van der Waals surface area contributed by atoms with Gasteiger partial charge in [-0.05, 0) is 29.3 Å². The molecular weight excluding hydrogens is 205 g/mol. The van der Waals surface area contributed by atoms with Gasteiger partial charge in [-0.15, -0.1) is 0 Å². The fraction of sp³-hybridized carbons (Fsp3) is 0.0769. The van der Waals surface area contributed by atoms with Crippen molar-refractivity contribution >= 4 is 0 Å². The second-order valence-electron chi connectivity index (χ2n) is 3.57. The van der Waals surface area contributed by atoms with Crippen molar-refractivity contribution in [3.8, 4) is 16.9 Å². The largest absolute Gasteiger partial charge is 0.508 e. The molecule has 2 aromatic carbocycles. The van der Waals surface area contributed by atoms with Crippen molar-refractivity contribution in [2.45, 2.75) is 6.54 Å². The third-order valence-electron chi connectivity index (χ3n) is 2.43. The van der Waals surface area contributed by atoms with Crippen LogP contribution < -0.4 is 5.73 Å². The molecule has 0 aromatic heterocycles. The summed E-state index contributed by atoms with van der Waals surface area (Å²) in [6.45, 7) is 0.424. The van der Waals surface area contributed by atoms with Crippen LogP contribution in [0.25, 0.3) is 11.1 Å². The quantitative estimate of drug-likeness (QED) is 0.812. The van der Waals surface area contributed by atoms with Gasteiger partial charge in [-0.2, -0.15) is 0 Å². The molecule has 0 saturated carbocycles. The third kappa shape index (κ3) is 2.04. The predicted molar refractivity (Wildman–Crippen MR) is 61.4 cm³/mol. The molecule has 3 N–H and O–H groups in total. The molecule has 3 heteroatoms. The van der Waals surface area contributed by atoms with Crippen molar-refractivity contribution in [1.82, 2.24) is 0 Å². The summed E-state index contributed by atoms with van der Waals surface area (Å²) in [5.74, 6) is -0.509. The minimum absolute atomic E-state index is 0.0729. The summed E-state index contributed by atoms with van der Waals surface area (Å²) in [4.78, 5) is 0. The minimum Gasteiger partial charge on any atom is -0.508 e. The second-order valence-corrected chi connectivity index (χ2v) is 3.57. The van der Waals surface area contributed by atoms with Crippen LogP contribution in [0.3, 0.4) is 0 Å². The topological polar surface area (TPSA) is 46.2 Å². The molecule has 0 bridgehead atoms. The van der Waals surface area contributed by atoms with Gasteiger partial charge >= 0.3 is 0 Å². The van der Waals surface area contributed by atoms with Gasteiger partial charge in [0.05, 0.1) is 0 Å². The van der Waals surface area contributed by atoms with Crippen LogP contribution in [0.4, 0.5) is 4.39 Å². The molecule has 0 aliphatic carbocycles. The molecule has 0 heterocycles. The van der Waals surface area contributed by atoms with Gasteiger partial charge < -0.3 is 10.8 Å². The average molecular weight is 217 g/mol. The van der Waals surface area contributed by atoms with Crippen LogP contribution in [-0.2, 0) is 6.54 Å². The molecule has 2 rings (SSSR count). The zero-order chi connectivity index (χ0) is 11.5. The molecule has 0 unspecified atom stereocenters. The van der Waals surface area contributed by atoms with E-state index in [-0.39, 0.29) is 5.75 Å². The highest BCUT2D eigenvalue weighted by atomic mass is 19.1. The molecule has 0 aliphatic heterocycles. The lowest BCUT2D eigenvalue weighted by Crippen LogP contribution is -1.96. The number of phenolic OH excluding ortho intramolecular Hbond substituents is 1. The van der Waals surface area contributed by atoms with Crippen LogP contribution in [-0.4, -0.2) is 5.11 Å². The molecule has 0 fully saturated rings. The van der Waals surface area contributed by atoms with Gasteiger partial charge in [-0.25, -0.2) is 4.39 Å². The lowest BCUT2D eigenvalue weighted by Gasteiger charge is -2.05. The molecule has 0 aliphatic rings. The van der Waals surface area contributed by atoms with Gasteiger partial charge in [-0.1, -0.05) is 18.2 Å². The van der Waals surface area contributed by atoms with Crippen LogP contribution in [0.2, 0.25) is 0 Å². The van der Waals surface area contributed by atoms with Gasteiger partial charge in [0.1, 0.15) is 11.6 Å². The van der Waals surface area contributed by atoms with Crippen LogP contribution in [0.5, 0.6) is 5.75 Å². The van der Waals surface area contributed by atoms with Crippen molar-refractivity contribution in [2.75, 3.05) is 0 Å². The van der Waals surface area contributed by atoms with Crippen molar-refractivity contribution < 1.29 is 9.50 Å². The summed E-state index contributed by atoms with van der Waals surface area (Å²) >= 11 is 0. The fourth-order valence-electron chi connectivity index (χ4n) is 1.60. The molecule has 0 amide bonds. The number of rotatable bonds is 2. The van der Waals surface area contributed by atoms with E-state index in [0.717, 1.165) is 17.2 Å². The van der Waals surface area contributed by atoms with Crippen molar-refractivity contribution in [3.63, 3.8) is 0 Å². The predicted octanol–water partition coefficient (Wildman–Crippen LogP) is 2.66. The van der Waals surface area contributed by atoms with E-state index in [1.165, 1.54) is 6.07 Å². The summed E-state index contributed by atoms with van der Waals surface area (Å²) < 4.78 is 13.6. The Morgan fingerprint density at radius 3 is 2.62 bits per heavy atom. The number of nitrogens with two attached hydrogens (primary N) is 1. The van der Waals surface area contributed by atoms with Crippen LogP contribution in [0.1, 0.15) is 5.56 Å². The maximum atomic E-state index is 13.6. The first-order valence-electron chi connectivity index (χ1n) is 4.98. The minimum atomic E-state index is -0.436. The molecule has 0 atom stereocenters. The molecule has 2 nitrogen and oxygen atoms in total.